The van der Waals surface area contributed by atoms with Gasteiger partial charge in [-0.2, -0.15) is 0 Å². The van der Waals surface area contributed by atoms with Crippen molar-refractivity contribution in [1.29, 1.82) is 0 Å². The Balaban J connectivity index is 1.89. The van der Waals surface area contributed by atoms with Crippen LogP contribution < -0.4 is 5.32 Å². The van der Waals surface area contributed by atoms with E-state index in [0.29, 0.717) is 5.92 Å². The van der Waals surface area contributed by atoms with Crippen molar-refractivity contribution >= 4 is 15.9 Å². The van der Waals surface area contributed by atoms with Crippen LogP contribution in [0, 0.1) is 5.92 Å². The fourth-order valence-corrected chi connectivity index (χ4v) is 2.57. The van der Waals surface area contributed by atoms with E-state index < -0.39 is 0 Å². The maximum absolute atomic E-state index is 6.11. The Bertz CT molecular complexity index is 363. The minimum atomic E-state index is 0.126. The molecule has 1 fully saturated rings. The molecule has 1 aromatic carbocycles. The molecule has 19 heavy (non-hydrogen) atoms. The lowest BCUT2D eigenvalue weighted by Crippen LogP contribution is -2.25. The SMILES string of the molecule is CNCC(OCC1CCOCC1)c1ccc(Br)cc1. The molecule has 0 aliphatic carbocycles. The number of nitrogens with one attached hydrogen (secondary N) is 1. The van der Waals surface area contributed by atoms with Gasteiger partial charge in [-0.3, -0.25) is 0 Å². The van der Waals surface area contributed by atoms with Crippen LogP contribution in [0.2, 0.25) is 0 Å². The second-order valence-electron chi connectivity index (χ2n) is 4.99. The third-order valence-electron chi connectivity index (χ3n) is 3.51. The lowest BCUT2D eigenvalue weighted by atomic mass is 10.0. The Morgan fingerprint density at radius 3 is 2.63 bits per heavy atom. The first-order chi connectivity index (χ1) is 9.29. The molecule has 1 atom stereocenters. The van der Waals surface area contributed by atoms with E-state index in [1.807, 2.05) is 7.05 Å². The molecule has 1 N–H and O–H groups in total. The monoisotopic (exact) mass is 327 g/mol. The summed E-state index contributed by atoms with van der Waals surface area (Å²) in [6.07, 6.45) is 2.36. The summed E-state index contributed by atoms with van der Waals surface area (Å²) in [5.74, 6) is 0.642. The summed E-state index contributed by atoms with van der Waals surface area (Å²) in [7, 11) is 1.96. The smallest absolute Gasteiger partial charge is 0.0949 e. The van der Waals surface area contributed by atoms with Crippen LogP contribution in [-0.2, 0) is 9.47 Å². The van der Waals surface area contributed by atoms with Gasteiger partial charge in [0, 0.05) is 24.2 Å². The van der Waals surface area contributed by atoms with E-state index in [0.717, 1.165) is 43.7 Å². The molecule has 1 heterocycles. The molecule has 0 bridgehead atoms. The van der Waals surface area contributed by atoms with Gasteiger partial charge in [0.2, 0.25) is 0 Å². The third-order valence-corrected chi connectivity index (χ3v) is 4.03. The Hall–Kier alpha value is -0.420. The van der Waals surface area contributed by atoms with Gasteiger partial charge in [0.25, 0.3) is 0 Å². The van der Waals surface area contributed by atoms with Crippen molar-refractivity contribution in [3.63, 3.8) is 0 Å². The molecule has 0 saturated carbocycles. The highest BCUT2D eigenvalue weighted by molar-refractivity contribution is 9.10. The molecule has 106 valence electrons. The number of halogens is 1. The Labute approximate surface area is 123 Å². The van der Waals surface area contributed by atoms with Gasteiger partial charge >= 0.3 is 0 Å². The molecule has 0 spiro atoms. The Morgan fingerprint density at radius 2 is 2.00 bits per heavy atom. The molecule has 1 unspecified atom stereocenters. The van der Waals surface area contributed by atoms with Gasteiger partial charge in [0.15, 0.2) is 0 Å². The van der Waals surface area contributed by atoms with Crippen LogP contribution in [0.5, 0.6) is 0 Å². The number of benzene rings is 1. The van der Waals surface area contributed by atoms with Crippen molar-refractivity contribution in [1.82, 2.24) is 5.32 Å². The van der Waals surface area contributed by atoms with Gasteiger partial charge in [-0.05, 0) is 43.5 Å². The van der Waals surface area contributed by atoms with Crippen LogP contribution >= 0.6 is 15.9 Å². The van der Waals surface area contributed by atoms with E-state index in [9.17, 15) is 0 Å². The van der Waals surface area contributed by atoms with Crippen LogP contribution in [0.3, 0.4) is 0 Å². The zero-order chi connectivity index (χ0) is 13.5. The molecule has 1 aliphatic rings. The van der Waals surface area contributed by atoms with E-state index in [1.54, 1.807) is 0 Å². The second kappa shape index (κ2) is 8.00. The van der Waals surface area contributed by atoms with Crippen LogP contribution in [0.1, 0.15) is 24.5 Å². The maximum atomic E-state index is 6.11. The lowest BCUT2D eigenvalue weighted by Gasteiger charge is -2.25. The predicted molar refractivity (Wildman–Crippen MR) is 80.3 cm³/mol. The maximum Gasteiger partial charge on any atom is 0.0949 e. The third kappa shape index (κ3) is 4.88. The van der Waals surface area contributed by atoms with Gasteiger partial charge in [-0.25, -0.2) is 0 Å². The van der Waals surface area contributed by atoms with E-state index in [-0.39, 0.29) is 6.10 Å². The van der Waals surface area contributed by atoms with Crippen molar-refractivity contribution < 1.29 is 9.47 Å². The normalized spacial score (nSPS) is 18.4. The van der Waals surface area contributed by atoms with Crippen LogP contribution in [-0.4, -0.2) is 33.4 Å². The van der Waals surface area contributed by atoms with Gasteiger partial charge in [0.05, 0.1) is 12.7 Å². The first-order valence-corrected chi connectivity index (χ1v) is 7.68. The quantitative estimate of drug-likeness (QED) is 0.870. The molecule has 1 saturated heterocycles. The van der Waals surface area contributed by atoms with Crippen molar-refractivity contribution in [2.24, 2.45) is 5.92 Å². The van der Waals surface area contributed by atoms with Crippen molar-refractivity contribution in [3.05, 3.63) is 34.3 Å². The summed E-state index contributed by atoms with van der Waals surface area (Å²) in [4.78, 5) is 0. The highest BCUT2D eigenvalue weighted by Gasteiger charge is 2.17. The first-order valence-electron chi connectivity index (χ1n) is 6.89. The highest BCUT2D eigenvalue weighted by atomic mass is 79.9. The molecular formula is C15H22BrNO2. The van der Waals surface area contributed by atoms with Crippen LogP contribution in [0.25, 0.3) is 0 Å². The van der Waals surface area contributed by atoms with E-state index in [2.05, 4.69) is 45.5 Å². The van der Waals surface area contributed by atoms with Gasteiger partial charge < -0.3 is 14.8 Å². The fourth-order valence-electron chi connectivity index (χ4n) is 2.30. The number of likely N-dealkylation sites (N-methyl/N-ethyl adjacent to an activating group) is 1. The van der Waals surface area contributed by atoms with E-state index in [1.165, 1.54) is 5.56 Å². The summed E-state index contributed by atoms with van der Waals surface area (Å²) in [6.45, 7) is 3.42. The average Bonchev–Trinajstić information content (AvgIpc) is 2.46. The summed E-state index contributed by atoms with van der Waals surface area (Å²) < 4.78 is 12.6. The minimum Gasteiger partial charge on any atom is -0.381 e. The largest absolute Gasteiger partial charge is 0.381 e. The Morgan fingerprint density at radius 1 is 1.32 bits per heavy atom. The molecular weight excluding hydrogens is 306 g/mol. The molecule has 4 heteroatoms. The van der Waals surface area contributed by atoms with Crippen LogP contribution in [0.15, 0.2) is 28.7 Å². The number of rotatable bonds is 6. The number of hydrogen-bond donors (Lipinski definition) is 1. The molecule has 1 aromatic rings. The molecule has 3 nitrogen and oxygen atoms in total. The zero-order valence-electron chi connectivity index (χ0n) is 11.4. The topological polar surface area (TPSA) is 30.5 Å². The molecule has 0 radical (unpaired) electrons. The summed E-state index contributed by atoms with van der Waals surface area (Å²) >= 11 is 3.46. The van der Waals surface area contributed by atoms with Crippen molar-refractivity contribution in [3.8, 4) is 0 Å². The standard InChI is InChI=1S/C15H22BrNO2/c1-17-10-15(13-2-4-14(16)5-3-13)19-11-12-6-8-18-9-7-12/h2-5,12,15,17H,6-11H2,1H3. The summed E-state index contributed by atoms with van der Waals surface area (Å²) in [5.41, 5.74) is 1.23. The highest BCUT2D eigenvalue weighted by Crippen LogP contribution is 2.22. The first kappa shape index (κ1) is 15.0. The molecule has 1 aliphatic heterocycles. The average molecular weight is 328 g/mol. The molecule has 0 amide bonds. The predicted octanol–water partition coefficient (Wildman–Crippen LogP) is 3.15. The number of hydrogen-bond acceptors (Lipinski definition) is 3. The minimum absolute atomic E-state index is 0.126. The van der Waals surface area contributed by atoms with Crippen molar-refractivity contribution in [2.45, 2.75) is 18.9 Å². The van der Waals surface area contributed by atoms with Gasteiger partial charge in [0.1, 0.15) is 0 Å². The van der Waals surface area contributed by atoms with Gasteiger partial charge in [-0.1, -0.05) is 28.1 Å². The molecule has 0 aromatic heterocycles. The molecule has 2 rings (SSSR count). The van der Waals surface area contributed by atoms with Crippen LogP contribution in [0.4, 0.5) is 0 Å². The Kier molecular flexibility index (Phi) is 6.31. The van der Waals surface area contributed by atoms with Crippen molar-refractivity contribution in [2.75, 3.05) is 33.4 Å². The number of ether oxygens (including phenoxy) is 2. The van der Waals surface area contributed by atoms with E-state index >= 15 is 0 Å². The zero-order valence-corrected chi connectivity index (χ0v) is 13.0. The summed E-state index contributed by atoms with van der Waals surface area (Å²) in [6, 6.07) is 8.37. The second-order valence-corrected chi connectivity index (χ2v) is 5.90. The van der Waals surface area contributed by atoms with E-state index in [4.69, 9.17) is 9.47 Å². The van der Waals surface area contributed by atoms with Gasteiger partial charge in [-0.15, -0.1) is 0 Å². The lowest BCUT2D eigenvalue weighted by molar-refractivity contribution is -0.0108. The fraction of sp³-hybridized carbons (Fsp3) is 0.600. The summed E-state index contributed by atoms with van der Waals surface area (Å²) in [5, 5.41) is 3.21.